The van der Waals surface area contributed by atoms with Gasteiger partial charge in [0.2, 0.25) is 0 Å². The molecule has 19 heavy (non-hydrogen) atoms. The molecule has 0 radical (unpaired) electrons. The number of rotatable bonds is 3. The molecule has 3 heteroatoms. The van der Waals surface area contributed by atoms with E-state index < -0.39 is 0 Å². The summed E-state index contributed by atoms with van der Waals surface area (Å²) in [6, 6.07) is 12.5. The minimum absolute atomic E-state index is 0.813. The lowest BCUT2D eigenvalue weighted by molar-refractivity contribution is 0.394. The van der Waals surface area contributed by atoms with Crippen molar-refractivity contribution in [3.63, 3.8) is 0 Å². The molecule has 0 fully saturated rings. The Labute approximate surface area is 113 Å². The Morgan fingerprint density at radius 3 is 2.16 bits per heavy atom. The molecule has 0 spiro atoms. The predicted octanol–water partition coefficient (Wildman–Crippen LogP) is 2.97. The van der Waals surface area contributed by atoms with Crippen LogP contribution < -0.4 is 14.8 Å². The predicted molar refractivity (Wildman–Crippen MR) is 75.5 cm³/mol. The number of nitrogens with one attached hydrogen (secondary N) is 1. The van der Waals surface area contributed by atoms with Crippen LogP contribution in [0.15, 0.2) is 36.4 Å². The van der Waals surface area contributed by atoms with E-state index in [1.54, 1.807) is 14.2 Å². The number of benzene rings is 2. The molecular formula is C16H17NO2. The van der Waals surface area contributed by atoms with Crippen LogP contribution in [0.1, 0.15) is 11.1 Å². The van der Waals surface area contributed by atoms with Crippen molar-refractivity contribution < 1.29 is 9.47 Å². The Morgan fingerprint density at radius 1 is 0.789 bits per heavy atom. The van der Waals surface area contributed by atoms with Gasteiger partial charge in [-0.1, -0.05) is 12.1 Å². The van der Waals surface area contributed by atoms with E-state index in [4.69, 9.17) is 9.47 Å². The first-order valence-corrected chi connectivity index (χ1v) is 6.36. The van der Waals surface area contributed by atoms with Crippen LogP contribution in [0.2, 0.25) is 0 Å². The second-order valence-electron chi connectivity index (χ2n) is 4.69. The molecule has 1 aliphatic rings. The van der Waals surface area contributed by atoms with Crippen molar-refractivity contribution in [1.29, 1.82) is 0 Å². The lowest BCUT2D eigenvalue weighted by Crippen LogP contribution is -1.99. The van der Waals surface area contributed by atoms with E-state index >= 15 is 0 Å². The smallest absolute Gasteiger partial charge is 0.123 e. The van der Waals surface area contributed by atoms with E-state index in [1.165, 1.54) is 16.7 Å². The van der Waals surface area contributed by atoms with Gasteiger partial charge in [-0.3, -0.25) is 0 Å². The van der Waals surface area contributed by atoms with Crippen LogP contribution in [-0.2, 0) is 13.1 Å². The Balaban J connectivity index is 2.05. The molecule has 0 amide bonds. The standard InChI is InChI=1S/C16H17NO2/c1-18-15-6-13(7-16(8-15)19-2)11-3-4-12-9-17-10-14(12)5-11/h3-8,17H,9-10H2,1-2H3. The average molecular weight is 255 g/mol. The van der Waals surface area contributed by atoms with Crippen LogP contribution in [0.3, 0.4) is 0 Å². The zero-order valence-electron chi connectivity index (χ0n) is 11.2. The SMILES string of the molecule is COc1cc(OC)cc(-c2ccc3c(c2)CNC3)c1. The topological polar surface area (TPSA) is 30.5 Å². The summed E-state index contributed by atoms with van der Waals surface area (Å²) in [5.41, 5.74) is 5.07. The molecule has 0 aromatic heterocycles. The molecule has 0 bridgehead atoms. The number of fused-ring (bicyclic) bond motifs is 1. The van der Waals surface area contributed by atoms with Gasteiger partial charge in [0.05, 0.1) is 14.2 Å². The highest BCUT2D eigenvalue weighted by Crippen LogP contribution is 2.31. The van der Waals surface area contributed by atoms with Gasteiger partial charge < -0.3 is 14.8 Å². The van der Waals surface area contributed by atoms with Gasteiger partial charge in [-0.2, -0.15) is 0 Å². The summed E-state index contributed by atoms with van der Waals surface area (Å²) >= 11 is 0. The van der Waals surface area contributed by atoms with Crippen molar-refractivity contribution in [3.8, 4) is 22.6 Å². The largest absolute Gasteiger partial charge is 0.497 e. The maximum Gasteiger partial charge on any atom is 0.123 e. The van der Waals surface area contributed by atoms with Gasteiger partial charge in [0, 0.05) is 19.2 Å². The minimum atomic E-state index is 0.813. The molecule has 3 nitrogen and oxygen atoms in total. The normalized spacial score (nSPS) is 13.2. The molecule has 1 aliphatic heterocycles. The van der Waals surface area contributed by atoms with Crippen molar-refractivity contribution in [1.82, 2.24) is 5.32 Å². The molecule has 98 valence electrons. The lowest BCUT2D eigenvalue weighted by atomic mass is 10.00. The second-order valence-corrected chi connectivity index (χ2v) is 4.69. The fourth-order valence-corrected chi connectivity index (χ4v) is 2.45. The van der Waals surface area contributed by atoms with Crippen molar-refractivity contribution in [3.05, 3.63) is 47.5 Å². The first-order valence-electron chi connectivity index (χ1n) is 6.36. The third kappa shape index (κ3) is 2.29. The Bertz CT molecular complexity index is 585. The van der Waals surface area contributed by atoms with Crippen LogP contribution in [-0.4, -0.2) is 14.2 Å². The van der Waals surface area contributed by atoms with Gasteiger partial charge in [0.25, 0.3) is 0 Å². The number of methoxy groups -OCH3 is 2. The van der Waals surface area contributed by atoms with Gasteiger partial charge >= 0.3 is 0 Å². The lowest BCUT2D eigenvalue weighted by Gasteiger charge is -2.09. The summed E-state index contributed by atoms with van der Waals surface area (Å²) in [5, 5.41) is 3.36. The van der Waals surface area contributed by atoms with Crippen molar-refractivity contribution in [2.45, 2.75) is 13.1 Å². The molecule has 0 saturated heterocycles. The van der Waals surface area contributed by atoms with E-state index in [1.807, 2.05) is 18.2 Å². The molecule has 1 N–H and O–H groups in total. The maximum atomic E-state index is 5.32. The van der Waals surface area contributed by atoms with E-state index in [0.717, 1.165) is 30.2 Å². The minimum Gasteiger partial charge on any atom is -0.497 e. The summed E-state index contributed by atoms with van der Waals surface area (Å²) in [6.45, 7) is 1.92. The van der Waals surface area contributed by atoms with Crippen LogP contribution in [0.5, 0.6) is 11.5 Å². The molecular weight excluding hydrogens is 238 g/mol. The van der Waals surface area contributed by atoms with Crippen LogP contribution in [0.4, 0.5) is 0 Å². The van der Waals surface area contributed by atoms with Crippen LogP contribution in [0, 0.1) is 0 Å². The average Bonchev–Trinajstić information content (AvgIpc) is 2.94. The number of hydrogen-bond acceptors (Lipinski definition) is 3. The summed E-state index contributed by atoms with van der Waals surface area (Å²) in [4.78, 5) is 0. The summed E-state index contributed by atoms with van der Waals surface area (Å²) in [6.07, 6.45) is 0. The molecule has 0 aliphatic carbocycles. The third-order valence-electron chi connectivity index (χ3n) is 3.52. The zero-order chi connectivity index (χ0) is 13.2. The zero-order valence-corrected chi connectivity index (χ0v) is 11.2. The molecule has 0 atom stereocenters. The van der Waals surface area contributed by atoms with Crippen LogP contribution in [0.25, 0.3) is 11.1 Å². The first-order chi connectivity index (χ1) is 9.30. The highest BCUT2D eigenvalue weighted by Gasteiger charge is 2.11. The molecule has 2 aromatic rings. The highest BCUT2D eigenvalue weighted by molar-refractivity contribution is 5.68. The molecule has 1 heterocycles. The van der Waals surface area contributed by atoms with Crippen LogP contribution >= 0.6 is 0 Å². The first kappa shape index (κ1) is 12.1. The van der Waals surface area contributed by atoms with Gasteiger partial charge in [-0.05, 0) is 40.5 Å². The quantitative estimate of drug-likeness (QED) is 0.914. The van der Waals surface area contributed by atoms with E-state index in [0.29, 0.717) is 0 Å². The van der Waals surface area contributed by atoms with Crippen molar-refractivity contribution >= 4 is 0 Å². The van der Waals surface area contributed by atoms with E-state index in [-0.39, 0.29) is 0 Å². The summed E-state index contributed by atoms with van der Waals surface area (Å²) in [5.74, 6) is 1.63. The number of hydrogen-bond donors (Lipinski definition) is 1. The van der Waals surface area contributed by atoms with Gasteiger partial charge in [-0.25, -0.2) is 0 Å². The highest BCUT2D eigenvalue weighted by atomic mass is 16.5. The molecule has 2 aromatic carbocycles. The van der Waals surface area contributed by atoms with E-state index in [9.17, 15) is 0 Å². The van der Waals surface area contributed by atoms with Gasteiger partial charge in [0.1, 0.15) is 11.5 Å². The van der Waals surface area contributed by atoms with E-state index in [2.05, 4.69) is 23.5 Å². The Morgan fingerprint density at radius 2 is 1.47 bits per heavy atom. The summed E-state index contributed by atoms with van der Waals surface area (Å²) in [7, 11) is 3.34. The second kappa shape index (κ2) is 4.94. The maximum absolute atomic E-state index is 5.32. The fraction of sp³-hybridized carbons (Fsp3) is 0.250. The molecule has 0 saturated carbocycles. The van der Waals surface area contributed by atoms with Crippen molar-refractivity contribution in [2.75, 3.05) is 14.2 Å². The monoisotopic (exact) mass is 255 g/mol. The summed E-state index contributed by atoms with van der Waals surface area (Å²) < 4.78 is 10.6. The third-order valence-corrected chi connectivity index (χ3v) is 3.52. The molecule has 0 unspecified atom stereocenters. The fourth-order valence-electron chi connectivity index (χ4n) is 2.45. The number of ether oxygens (including phenoxy) is 2. The van der Waals surface area contributed by atoms with Gasteiger partial charge in [-0.15, -0.1) is 0 Å². The Kier molecular flexibility index (Phi) is 3.13. The Hall–Kier alpha value is -2.00. The van der Waals surface area contributed by atoms with Crippen molar-refractivity contribution in [2.24, 2.45) is 0 Å². The molecule has 3 rings (SSSR count). The van der Waals surface area contributed by atoms with Gasteiger partial charge in [0.15, 0.2) is 0 Å².